The molecule has 0 N–H and O–H groups in total. The van der Waals surface area contributed by atoms with Crippen LogP contribution in [0.2, 0.25) is 0 Å². The Balaban J connectivity index is 2.13. The van der Waals surface area contributed by atoms with Gasteiger partial charge in [0.25, 0.3) is 5.69 Å². The second kappa shape index (κ2) is 5.88. The number of methoxy groups -OCH3 is 1. The first-order valence-electron chi connectivity index (χ1n) is 8.00. The molecule has 1 aliphatic rings. The number of para-hydroxylation sites is 1. The predicted octanol–water partition coefficient (Wildman–Crippen LogP) is 3.27. The van der Waals surface area contributed by atoms with Gasteiger partial charge in [0.05, 0.1) is 23.5 Å². The van der Waals surface area contributed by atoms with E-state index in [4.69, 9.17) is 4.74 Å². The third kappa shape index (κ3) is 2.63. The molecule has 0 fully saturated rings. The van der Waals surface area contributed by atoms with Crippen LogP contribution in [-0.2, 0) is 12.0 Å². The Labute approximate surface area is 146 Å². The van der Waals surface area contributed by atoms with Gasteiger partial charge in [0.1, 0.15) is 5.75 Å². The smallest absolute Gasteiger partial charge is 0.273 e. The molecule has 6 nitrogen and oxygen atoms in total. The molecule has 0 aliphatic carbocycles. The van der Waals surface area contributed by atoms with Crippen molar-refractivity contribution >= 4 is 17.1 Å². The lowest BCUT2D eigenvalue weighted by atomic mass is 9.82. The maximum Gasteiger partial charge on any atom is 0.273 e. The number of nitro benzene ring substituents is 1. The summed E-state index contributed by atoms with van der Waals surface area (Å²) in [5, 5.41) is 23.7. The van der Waals surface area contributed by atoms with Crippen LogP contribution < -0.4 is 9.84 Å². The molecule has 1 aliphatic heterocycles. The molecule has 2 aromatic rings. The number of rotatable bonds is 4. The number of nitro groups is 1. The van der Waals surface area contributed by atoms with Gasteiger partial charge in [-0.3, -0.25) is 10.1 Å². The van der Waals surface area contributed by atoms with Crippen molar-refractivity contribution in [3.8, 4) is 11.5 Å². The zero-order valence-electron chi connectivity index (χ0n) is 14.7. The lowest BCUT2D eigenvalue weighted by molar-refractivity contribution is -0.458. The second-order valence-corrected chi connectivity index (χ2v) is 6.71. The fraction of sp³-hybridized carbons (Fsp3) is 0.316. The van der Waals surface area contributed by atoms with Crippen LogP contribution >= 0.6 is 0 Å². The summed E-state index contributed by atoms with van der Waals surface area (Å²) in [4.78, 5) is 10.7. The Morgan fingerprint density at radius 2 is 1.92 bits per heavy atom. The van der Waals surface area contributed by atoms with Gasteiger partial charge in [0.2, 0.25) is 5.69 Å². The van der Waals surface area contributed by atoms with Gasteiger partial charge in [-0.1, -0.05) is 23.9 Å². The highest BCUT2D eigenvalue weighted by molar-refractivity contribution is 5.93. The number of hydrogen-bond donors (Lipinski definition) is 0. The summed E-state index contributed by atoms with van der Waals surface area (Å²) in [6.07, 6.45) is 0. The van der Waals surface area contributed by atoms with Crippen molar-refractivity contribution in [2.24, 2.45) is 0 Å². The van der Waals surface area contributed by atoms with Crippen LogP contribution in [0.25, 0.3) is 0 Å². The van der Waals surface area contributed by atoms with Crippen LogP contribution in [0.5, 0.6) is 11.5 Å². The molecule has 3 rings (SSSR count). The third-order valence-electron chi connectivity index (χ3n) is 5.05. The van der Waals surface area contributed by atoms with E-state index >= 15 is 0 Å². The zero-order chi connectivity index (χ0) is 18.4. The molecule has 0 saturated heterocycles. The van der Waals surface area contributed by atoms with E-state index in [9.17, 15) is 15.2 Å². The van der Waals surface area contributed by atoms with E-state index in [1.807, 2.05) is 25.1 Å². The van der Waals surface area contributed by atoms with Gasteiger partial charge in [-0.05, 0) is 13.8 Å². The van der Waals surface area contributed by atoms with Crippen LogP contribution in [0.3, 0.4) is 0 Å². The number of non-ortho nitro benzene ring substituents is 1. The van der Waals surface area contributed by atoms with Crippen LogP contribution in [-0.4, -0.2) is 22.3 Å². The molecule has 0 amide bonds. The summed E-state index contributed by atoms with van der Waals surface area (Å²) in [5.41, 5.74) is 3.34. The standard InChI is InChI=1S/C19H20N2O4/c1-12-19(2,3)15-7-5-6-8-16(15)20(12)11-13-9-14(21(23)24)10-17(25-4)18(13)22/h5-10H,11H2,1-4H3. The first kappa shape index (κ1) is 17.0. The fourth-order valence-electron chi connectivity index (χ4n) is 3.34. The molecule has 6 heteroatoms. The van der Waals surface area contributed by atoms with Gasteiger partial charge in [-0.2, -0.15) is 4.58 Å². The SMILES string of the molecule is COc1cc([N+](=O)[O-])cc(C[N+]2=C(C)C(C)(C)c3ccccc32)c1[O-]. The molecule has 0 atom stereocenters. The Kier molecular flexibility index (Phi) is 3.99. The Morgan fingerprint density at radius 3 is 2.56 bits per heavy atom. The van der Waals surface area contributed by atoms with Crippen LogP contribution in [0, 0.1) is 10.1 Å². The molecule has 0 spiro atoms. The van der Waals surface area contributed by atoms with E-state index in [0.29, 0.717) is 5.56 Å². The second-order valence-electron chi connectivity index (χ2n) is 6.71. The van der Waals surface area contributed by atoms with E-state index in [1.54, 1.807) is 0 Å². The first-order valence-corrected chi connectivity index (χ1v) is 8.00. The molecule has 0 unspecified atom stereocenters. The van der Waals surface area contributed by atoms with Gasteiger partial charge < -0.3 is 9.84 Å². The molecule has 130 valence electrons. The van der Waals surface area contributed by atoms with Gasteiger partial charge in [-0.15, -0.1) is 0 Å². The molecule has 0 bridgehead atoms. The van der Waals surface area contributed by atoms with Crippen molar-refractivity contribution in [3.63, 3.8) is 0 Å². The van der Waals surface area contributed by atoms with E-state index in [1.165, 1.54) is 24.8 Å². The first-order chi connectivity index (χ1) is 11.8. The predicted molar refractivity (Wildman–Crippen MR) is 92.9 cm³/mol. The van der Waals surface area contributed by atoms with Crippen molar-refractivity contribution in [3.05, 3.63) is 57.6 Å². The van der Waals surface area contributed by atoms with Gasteiger partial charge in [0.15, 0.2) is 12.3 Å². The molecule has 0 radical (unpaired) electrons. The highest BCUT2D eigenvalue weighted by atomic mass is 16.6. The van der Waals surface area contributed by atoms with Crippen LogP contribution in [0.4, 0.5) is 11.4 Å². The lowest BCUT2D eigenvalue weighted by Gasteiger charge is -2.17. The summed E-state index contributed by atoms with van der Waals surface area (Å²) in [6, 6.07) is 10.5. The average Bonchev–Trinajstić information content (AvgIpc) is 2.77. The third-order valence-corrected chi connectivity index (χ3v) is 5.05. The highest BCUT2D eigenvalue weighted by Gasteiger charge is 2.42. The minimum Gasteiger partial charge on any atom is -0.870 e. The molecule has 2 aromatic carbocycles. The van der Waals surface area contributed by atoms with Gasteiger partial charge in [0, 0.05) is 30.2 Å². The summed E-state index contributed by atoms with van der Waals surface area (Å²) in [7, 11) is 1.34. The maximum atomic E-state index is 12.6. The van der Waals surface area contributed by atoms with Crippen molar-refractivity contribution in [2.45, 2.75) is 32.7 Å². The molecular weight excluding hydrogens is 320 g/mol. The van der Waals surface area contributed by atoms with Crippen molar-refractivity contribution < 1.29 is 19.3 Å². The summed E-state index contributed by atoms with van der Waals surface area (Å²) in [5.74, 6) is -0.323. The average molecular weight is 340 g/mol. The van der Waals surface area contributed by atoms with Crippen LogP contribution in [0.15, 0.2) is 36.4 Å². The van der Waals surface area contributed by atoms with E-state index in [2.05, 4.69) is 24.5 Å². The molecule has 1 heterocycles. The summed E-state index contributed by atoms with van der Waals surface area (Å²) in [6.45, 7) is 6.56. The fourth-order valence-corrected chi connectivity index (χ4v) is 3.34. The van der Waals surface area contributed by atoms with Crippen molar-refractivity contribution in [2.75, 3.05) is 7.11 Å². The molecular formula is C19H20N2O4. The van der Waals surface area contributed by atoms with Gasteiger partial charge in [-0.25, -0.2) is 0 Å². The number of hydrogen-bond acceptors (Lipinski definition) is 4. The lowest BCUT2D eigenvalue weighted by Crippen LogP contribution is -2.26. The Bertz CT molecular complexity index is 900. The quantitative estimate of drug-likeness (QED) is 0.486. The van der Waals surface area contributed by atoms with Crippen molar-refractivity contribution in [1.82, 2.24) is 0 Å². The molecule has 0 aromatic heterocycles. The highest BCUT2D eigenvalue weighted by Crippen LogP contribution is 2.41. The Morgan fingerprint density at radius 1 is 1.24 bits per heavy atom. The number of fused-ring (bicyclic) bond motifs is 1. The minimum absolute atomic E-state index is 0.00593. The van der Waals surface area contributed by atoms with E-state index in [-0.39, 0.29) is 29.1 Å². The monoisotopic (exact) mass is 340 g/mol. The topological polar surface area (TPSA) is 78.4 Å². The molecule has 25 heavy (non-hydrogen) atoms. The summed E-state index contributed by atoms with van der Waals surface area (Å²) < 4.78 is 7.09. The largest absolute Gasteiger partial charge is 0.870 e. The van der Waals surface area contributed by atoms with E-state index < -0.39 is 4.92 Å². The van der Waals surface area contributed by atoms with Crippen LogP contribution in [0.1, 0.15) is 31.9 Å². The summed E-state index contributed by atoms with van der Waals surface area (Å²) >= 11 is 0. The normalized spacial score (nSPS) is 15.2. The van der Waals surface area contributed by atoms with E-state index in [0.717, 1.165) is 11.4 Å². The molecule has 0 saturated carbocycles. The van der Waals surface area contributed by atoms with Crippen molar-refractivity contribution in [1.29, 1.82) is 0 Å². The van der Waals surface area contributed by atoms with Gasteiger partial charge >= 0.3 is 0 Å². The number of benzene rings is 2. The number of nitrogens with zero attached hydrogens (tertiary/aromatic N) is 2. The minimum atomic E-state index is -0.510. The number of ether oxygens (including phenoxy) is 1. The Hall–Kier alpha value is -2.89. The zero-order valence-corrected chi connectivity index (χ0v) is 14.7. The maximum absolute atomic E-state index is 12.6.